The van der Waals surface area contributed by atoms with Crippen LogP contribution in [0, 0.1) is 27.7 Å². The maximum Gasteiger partial charge on any atom is 0.298 e. The molecule has 0 aliphatic rings. The van der Waals surface area contributed by atoms with Crippen LogP contribution in [0.25, 0.3) is 10.8 Å². The standard InChI is InChI=1S/C15H16O2/c1-9-6-5-7-13-14(9)11(3)10(2)12(4)15(13)17-8-16/h5-8H,1-4H3. The number of carbonyl (C=O) groups excluding carboxylic acids is 1. The van der Waals surface area contributed by atoms with Gasteiger partial charge in [-0.15, -0.1) is 0 Å². The van der Waals surface area contributed by atoms with Gasteiger partial charge in [0.05, 0.1) is 0 Å². The van der Waals surface area contributed by atoms with Crippen molar-refractivity contribution in [2.75, 3.05) is 0 Å². The SMILES string of the molecule is Cc1c(C)c(C)c2c(C)cccc2c1OC=O. The van der Waals surface area contributed by atoms with Gasteiger partial charge in [0.25, 0.3) is 6.47 Å². The van der Waals surface area contributed by atoms with E-state index >= 15 is 0 Å². The van der Waals surface area contributed by atoms with Crippen molar-refractivity contribution in [1.82, 2.24) is 0 Å². The average Bonchev–Trinajstić information content (AvgIpc) is 2.31. The first-order chi connectivity index (χ1) is 8.07. The molecule has 2 aromatic rings. The molecule has 0 aliphatic carbocycles. The number of carbonyl (C=O) groups is 1. The third-order valence-corrected chi connectivity index (χ3v) is 3.52. The highest BCUT2D eigenvalue weighted by molar-refractivity contribution is 5.96. The van der Waals surface area contributed by atoms with Gasteiger partial charge >= 0.3 is 0 Å². The second-order valence-corrected chi connectivity index (χ2v) is 4.42. The Morgan fingerprint density at radius 2 is 1.71 bits per heavy atom. The molecule has 0 aliphatic heterocycles. The van der Waals surface area contributed by atoms with Crippen LogP contribution >= 0.6 is 0 Å². The number of fused-ring (bicyclic) bond motifs is 1. The molecule has 88 valence electrons. The number of ether oxygens (including phenoxy) is 1. The van der Waals surface area contributed by atoms with Crippen molar-refractivity contribution in [3.05, 3.63) is 40.5 Å². The molecule has 2 rings (SSSR count). The summed E-state index contributed by atoms with van der Waals surface area (Å²) >= 11 is 0. The minimum atomic E-state index is 0.499. The van der Waals surface area contributed by atoms with E-state index in [1.165, 1.54) is 22.1 Å². The average molecular weight is 228 g/mol. The van der Waals surface area contributed by atoms with E-state index in [1.54, 1.807) is 0 Å². The Hall–Kier alpha value is -1.83. The number of rotatable bonds is 2. The molecule has 0 N–H and O–H groups in total. The summed E-state index contributed by atoms with van der Waals surface area (Å²) in [6.45, 7) is 8.74. The zero-order valence-electron chi connectivity index (χ0n) is 10.6. The first-order valence-corrected chi connectivity index (χ1v) is 5.67. The van der Waals surface area contributed by atoms with Crippen molar-refractivity contribution in [2.24, 2.45) is 0 Å². The van der Waals surface area contributed by atoms with Crippen LogP contribution in [0.2, 0.25) is 0 Å². The third kappa shape index (κ3) is 1.70. The monoisotopic (exact) mass is 228 g/mol. The van der Waals surface area contributed by atoms with Crippen LogP contribution in [0.1, 0.15) is 22.3 Å². The van der Waals surface area contributed by atoms with Gasteiger partial charge in [0.2, 0.25) is 0 Å². The van der Waals surface area contributed by atoms with Crippen molar-refractivity contribution in [2.45, 2.75) is 27.7 Å². The predicted molar refractivity (Wildman–Crippen MR) is 69.6 cm³/mol. The summed E-state index contributed by atoms with van der Waals surface area (Å²) in [7, 11) is 0. The Balaban J connectivity index is 2.98. The second-order valence-electron chi connectivity index (χ2n) is 4.42. The molecule has 0 saturated heterocycles. The molecule has 2 heteroatoms. The van der Waals surface area contributed by atoms with Gasteiger partial charge in [0.1, 0.15) is 5.75 Å². The summed E-state index contributed by atoms with van der Waals surface area (Å²) in [5.74, 6) is 0.682. The number of benzene rings is 2. The summed E-state index contributed by atoms with van der Waals surface area (Å²) in [5.41, 5.74) is 4.68. The van der Waals surface area contributed by atoms with E-state index in [4.69, 9.17) is 4.74 Å². The lowest BCUT2D eigenvalue weighted by Crippen LogP contribution is -1.98. The van der Waals surface area contributed by atoms with Crippen molar-refractivity contribution in [3.8, 4) is 5.75 Å². The topological polar surface area (TPSA) is 26.3 Å². The van der Waals surface area contributed by atoms with E-state index in [1.807, 2.05) is 19.1 Å². The van der Waals surface area contributed by atoms with Crippen molar-refractivity contribution < 1.29 is 9.53 Å². The Morgan fingerprint density at radius 3 is 2.35 bits per heavy atom. The Kier molecular flexibility index (Phi) is 2.88. The van der Waals surface area contributed by atoms with E-state index in [9.17, 15) is 4.79 Å². The lowest BCUT2D eigenvalue weighted by Gasteiger charge is -2.16. The summed E-state index contributed by atoms with van der Waals surface area (Å²) in [5, 5.41) is 2.20. The summed E-state index contributed by atoms with van der Waals surface area (Å²) in [4.78, 5) is 10.6. The number of hydrogen-bond donors (Lipinski definition) is 0. The van der Waals surface area contributed by atoms with E-state index in [-0.39, 0.29) is 0 Å². The normalized spacial score (nSPS) is 10.6. The maximum absolute atomic E-state index is 10.6. The molecular weight excluding hydrogens is 212 g/mol. The van der Waals surface area contributed by atoms with Gasteiger partial charge in [-0.05, 0) is 55.3 Å². The number of hydrogen-bond acceptors (Lipinski definition) is 2. The van der Waals surface area contributed by atoms with Crippen LogP contribution in [0.3, 0.4) is 0 Å². The highest BCUT2D eigenvalue weighted by atomic mass is 16.5. The minimum absolute atomic E-state index is 0.499. The Morgan fingerprint density at radius 1 is 1.00 bits per heavy atom. The fraction of sp³-hybridized carbons (Fsp3) is 0.267. The van der Waals surface area contributed by atoms with Crippen molar-refractivity contribution >= 4 is 17.2 Å². The largest absolute Gasteiger partial charge is 0.428 e. The van der Waals surface area contributed by atoms with E-state index in [0.29, 0.717) is 12.2 Å². The lowest BCUT2D eigenvalue weighted by atomic mass is 9.93. The van der Waals surface area contributed by atoms with Crippen molar-refractivity contribution in [1.29, 1.82) is 0 Å². The van der Waals surface area contributed by atoms with Crippen LogP contribution in [0.5, 0.6) is 5.75 Å². The van der Waals surface area contributed by atoms with Crippen LogP contribution < -0.4 is 4.74 Å². The predicted octanol–water partition coefficient (Wildman–Crippen LogP) is 3.61. The molecule has 0 saturated carbocycles. The van der Waals surface area contributed by atoms with Crippen LogP contribution in [-0.2, 0) is 4.79 Å². The first-order valence-electron chi connectivity index (χ1n) is 5.67. The van der Waals surface area contributed by atoms with Gasteiger partial charge in [-0.2, -0.15) is 0 Å². The fourth-order valence-electron chi connectivity index (χ4n) is 2.40. The molecule has 0 spiro atoms. The van der Waals surface area contributed by atoms with Gasteiger partial charge in [0.15, 0.2) is 0 Å². The second kappa shape index (κ2) is 4.21. The molecule has 0 radical (unpaired) electrons. The number of aryl methyl sites for hydroxylation is 2. The molecule has 0 bridgehead atoms. The smallest absolute Gasteiger partial charge is 0.298 e. The van der Waals surface area contributed by atoms with Crippen molar-refractivity contribution in [3.63, 3.8) is 0 Å². The van der Waals surface area contributed by atoms with Gasteiger partial charge in [0, 0.05) is 5.39 Å². The molecule has 0 aromatic heterocycles. The molecule has 2 aromatic carbocycles. The molecule has 0 heterocycles. The van der Waals surface area contributed by atoms with Crippen LogP contribution in [-0.4, -0.2) is 6.47 Å². The molecular formula is C15H16O2. The third-order valence-electron chi connectivity index (χ3n) is 3.52. The summed E-state index contributed by atoms with van der Waals surface area (Å²) < 4.78 is 5.16. The van der Waals surface area contributed by atoms with E-state index in [2.05, 4.69) is 26.8 Å². The summed E-state index contributed by atoms with van der Waals surface area (Å²) in [6.07, 6.45) is 0. The fourth-order valence-corrected chi connectivity index (χ4v) is 2.40. The highest BCUT2D eigenvalue weighted by Crippen LogP contribution is 2.36. The van der Waals surface area contributed by atoms with Crippen LogP contribution in [0.4, 0.5) is 0 Å². The lowest BCUT2D eigenvalue weighted by molar-refractivity contribution is -0.120. The quantitative estimate of drug-likeness (QED) is 0.734. The summed E-state index contributed by atoms with van der Waals surface area (Å²) in [6, 6.07) is 6.07. The molecule has 0 unspecified atom stereocenters. The molecule has 0 amide bonds. The molecule has 0 atom stereocenters. The zero-order valence-corrected chi connectivity index (χ0v) is 10.6. The van der Waals surface area contributed by atoms with E-state index in [0.717, 1.165) is 10.9 Å². The first kappa shape index (κ1) is 11.6. The van der Waals surface area contributed by atoms with E-state index < -0.39 is 0 Å². The molecule has 17 heavy (non-hydrogen) atoms. The zero-order chi connectivity index (χ0) is 12.6. The highest BCUT2D eigenvalue weighted by Gasteiger charge is 2.13. The van der Waals surface area contributed by atoms with Gasteiger partial charge < -0.3 is 4.74 Å². The van der Waals surface area contributed by atoms with Gasteiger partial charge in [-0.3, -0.25) is 4.79 Å². The Labute approximate surface area is 101 Å². The molecule has 0 fully saturated rings. The molecule has 2 nitrogen and oxygen atoms in total. The van der Waals surface area contributed by atoms with Crippen LogP contribution in [0.15, 0.2) is 18.2 Å². The Bertz CT molecular complexity index is 598. The van der Waals surface area contributed by atoms with Gasteiger partial charge in [-0.1, -0.05) is 18.2 Å². The maximum atomic E-state index is 10.6. The minimum Gasteiger partial charge on any atom is -0.428 e. The van der Waals surface area contributed by atoms with Gasteiger partial charge in [-0.25, -0.2) is 0 Å².